The summed E-state index contributed by atoms with van der Waals surface area (Å²) in [5, 5.41) is 5.72. The van der Waals surface area contributed by atoms with E-state index >= 15 is 0 Å². The number of nitrogens with zero attached hydrogens (tertiary/aromatic N) is 3. The van der Waals surface area contributed by atoms with Crippen molar-refractivity contribution in [1.29, 1.82) is 0 Å². The van der Waals surface area contributed by atoms with Gasteiger partial charge in [-0.15, -0.1) is 0 Å². The van der Waals surface area contributed by atoms with Crippen LogP contribution in [0, 0.1) is 12.8 Å². The number of aryl methyl sites for hydroxylation is 1. The fraction of sp³-hybridized carbons (Fsp3) is 0.440. The molecule has 2 amide bonds. The maximum absolute atomic E-state index is 13.2. The van der Waals surface area contributed by atoms with E-state index in [9.17, 15) is 9.59 Å². The first kappa shape index (κ1) is 21.6. The molecule has 0 aromatic carbocycles. The SMILES string of the molecule is Cc1ccc(NC(=O)c2oc3cccnc3c2NC(=O)C2CCC(N3CCCC3)CC2)nc1. The molecule has 1 saturated heterocycles. The Morgan fingerprint density at radius 3 is 2.55 bits per heavy atom. The fourth-order valence-corrected chi connectivity index (χ4v) is 4.96. The number of amides is 2. The molecule has 0 radical (unpaired) electrons. The van der Waals surface area contributed by atoms with Crippen molar-refractivity contribution in [3.8, 4) is 0 Å². The number of pyridine rings is 2. The first-order valence-corrected chi connectivity index (χ1v) is 11.7. The summed E-state index contributed by atoms with van der Waals surface area (Å²) in [6.45, 7) is 4.29. The summed E-state index contributed by atoms with van der Waals surface area (Å²) in [7, 11) is 0. The highest BCUT2D eigenvalue weighted by molar-refractivity contribution is 6.13. The molecule has 8 nitrogen and oxygen atoms in total. The van der Waals surface area contributed by atoms with Gasteiger partial charge >= 0.3 is 0 Å². The molecule has 33 heavy (non-hydrogen) atoms. The van der Waals surface area contributed by atoms with Gasteiger partial charge in [-0.25, -0.2) is 4.98 Å². The van der Waals surface area contributed by atoms with Crippen molar-refractivity contribution in [1.82, 2.24) is 14.9 Å². The molecular weight excluding hydrogens is 418 g/mol. The number of likely N-dealkylation sites (tertiary alicyclic amines) is 1. The predicted molar refractivity (Wildman–Crippen MR) is 126 cm³/mol. The van der Waals surface area contributed by atoms with Gasteiger partial charge in [0.1, 0.15) is 17.0 Å². The Hall–Kier alpha value is -3.26. The summed E-state index contributed by atoms with van der Waals surface area (Å²) in [4.78, 5) is 37.3. The van der Waals surface area contributed by atoms with Crippen molar-refractivity contribution in [2.24, 2.45) is 5.92 Å². The van der Waals surface area contributed by atoms with Crippen LogP contribution in [0.5, 0.6) is 0 Å². The number of rotatable bonds is 5. The second-order valence-corrected chi connectivity index (χ2v) is 9.07. The normalized spacial score (nSPS) is 21.2. The summed E-state index contributed by atoms with van der Waals surface area (Å²) in [6, 6.07) is 7.66. The highest BCUT2D eigenvalue weighted by Gasteiger charge is 2.32. The fourth-order valence-electron chi connectivity index (χ4n) is 4.96. The molecule has 2 N–H and O–H groups in total. The van der Waals surface area contributed by atoms with Gasteiger partial charge in [0, 0.05) is 24.4 Å². The van der Waals surface area contributed by atoms with Crippen molar-refractivity contribution in [2.45, 2.75) is 51.5 Å². The van der Waals surface area contributed by atoms with Crippen molar-refractivity contribution in [2.75, 3.05) is 23.7 Å². The summed E-state index contributed by atoms with van der Waals surface area (Å²) in [5.74, 6) is -0.183. The largest absolute Gasteiger partial charge is 0.447 e. The highest BCUT2D eigenvalue weighted by Crippen LogP contribution is 2.33. The van der Waals surface area contributed by atoms with Crippen molar-refractivity contribution >= 4 is 34.4 Å². The zero-order valence-electron chi connectivity index (χ0n) is 18.8. The number of furan rings is 1. The third-order valence-electron chi connectivity index (χ3n) is 6.78. The summed E-state index contributed by atoms with van der Waals surface area (Å²) >= 11 is 0. The number of fused-ring (bicyclic) bond motifs is 1. The Morgan fingerprint density at radius 2 is 1.82 bits per heavy atom. The van der Waals surface area contributed by atoms with Crippen molar-refractivity contribution < 1.29 is 14.0 Å². The lowest BCUT2D eigenvalue weighted by molar-refractivity contribution is -0.121. The van der Waals surface area contributed by atoms with Crippen LogP contribution >= 0.6 is 0 Å². The molecule has 1 aliphatic heterocycles. The van der Waals surface area contributed by atoms with Crippen LogP contribution in [-0.4, -0.2) is 45.8 Å². The van der Waals surface area contributed by atoms with Crippen LogP contribution in [0.25, 0.3) is 11.1 Å². The summed E-state index contributed by atoms with van der Waals surface area (Å²) < 4.78 is 5.81. The maximum atomic E-state index is 13.2. The van der Waals surface area contributed by atoms with Crippen LogP contribution < -0.4 is 10.6 Å². The molecule has 2 aliphatic rings. The molecule has 0 unspecified atom stereocenters. The van der Waals surface area contributed by atoms with Crippen LogP contribution in [0.15, 0.2) is 41.1 Å². The van der Waals surface area contributed by atoms with Crippen molar-refractivity contribution in [3.63, 3.8) is 0 Å². The Bertz CT molecular complexity index is 1140. The summed E-state index contributed by atoms with van der Waals surface area (Å²) in [6.07, 6.45) is 9.64. The minimum absolute atomic E-state index is 0.0326. The highest BCUT2D eigenvalue weighted by atomic mass is 16.3. The third kappa shape index (κ3) is 4.61. The van der Waals surface area contributed by atoms with Gasteiger partial charge in [0.15, 0.2) is 5.58 Å². The standard InChI is InChI=1S/C25H29N5O3/c1-16-6-11-20(27-15-16)28-25(32)23-22(21-19(33-23)5-4-12-26-21)29-24(31)17-7-9-18(10-8-17)30-13-2-3-14-30/h4-6,11-12,15,17-18H,2-3,7-10,13-14H2,1H3,(H,29,31)(H,27,28,32). The van der Waals surface area contributed by atoms with E-state index in [1.54, 1.807) is 30.6 Å². The van der Waals surface area contributed by atoms with E-state index in [-0.39, 0.29) is 17.6 Å². The molecule has 172 valence electrons. The molecule has 5 rings (SSSR count). The monoisotopic (exact) mass is 447 g/mol. The van der Waals surface area contributed by atoms with E-state index in [1.807, 2.05) is 13.0 Å². The molecule has 0 atom stereocenters. The molecule has 3 aromatic heterocycles. The molecule has 0 spiro atoms. The van der Waals surface area contributed by atoms with Gasteiger partial charge < -0.3 is 20.0 Å². The van der Waals surface area contributed by atoms with Crippen LogP contribution in [0.1, 0.15) is 54.6 Å². The van der Waals surface area contributed by atoms with Gasteiger partial charge in [-0.2, -0.15) is 0 Å². The molecular formula is C25H29N5O3. The lowest BCUT2D eigenvalue weighted by atomic mass is 9.85. The number of hydrogen-bond acceptors (Lipinski definition) is 6. The Kier molecular flexibility index (Phi) is 6.09. The van der Waals surface area contributed by atoms with Gasteiger partial charge in [-0.3, -0.25) is 14.6 Å². The number of carbonyl (C=O) groups is 2. The Labute approximate surface area is 192 Å². The van der Waals surface area contributed by atoms with Gasteiger partial charge in [-0.05, 0) is 82.3 Å². The van der Waals surface area contributed by atoms with Gasteiger partial charge in [0.05, 0.1) is 0 Å². The van der Waals surface area contributed by atoms with Crippen LogP contribution in [0.2, 0.25) is 0 Å². The molecule has 2 fully saturated rings. The molecule has 1 saturated carbocycles. The van der Waals surface area contributed by atoms with E-state index in [1.165, 1.54) is 25.9 Å². The number of hydrogen-bond donors (Lipinski definition) is 2. The average Bonchev–Trinajstić information content (AvgIpc) is 3.50. The zero-order chi connectivity index (χ0) is 22.8. The van der Waals surface area contributed by atoms with Crippen molar-refractivity contribution in [3.05, 3.63) is 48.0 Å². The maximum Gasteiger partial charge on any atom is 0.294 e. The zero-order valence-corrected chi connectivity index (χ0v) is 18.8. The lowest BCUT2D eigenvalue weighted by Crippen LogP contribution is -2.38. The number of aromatic nitrogens is 2. The number of carbonyl (C=O) groups excluding carboxylic acids is 2. The van der Waals surface area contributed by atoms with Crippen LogP contribution in [-0.2, 0) is 4.79 Å². The number of nitrogens with one attached hydrogen (secondary N) is 2. The van der Waals surface area contributed by atoms with E-state index in [4.69, 9.17) is 4.42 Å². The van der Waals surface area contributed by atoms with Crippen LogP contribution in [0.4, 0.5) is 11.5 Å². The average molecular weight is 448 g/mol. The Morgan fingerprint density at radius 1 is 1.03 bits per heavy atom. The second-order valence-electron chi connectivity index (χ2n) is 9.07. The van der Waals surface area contributed by atoms with E-state index in [0.717, 1.165) is 31.2 Å². The van der Waals surface area contributed by atoms with Gasteiger partial charge in [-0.1, -0.05) is 6.07 Å². The predicted octanol–water partition coefficient (Wildman–Crippen LogP) is 4.38. The van der Waals surface area contributed by atoms with E-state index in [2.05, 4.69) is 25.5 Å². The molecule has 4 heterocycles. The molecule has 1 aliphatic carbocycles. The van der Waals surface area contributed by atoms with E-state index < -0.39 is 5.91 Å². The lowest BCUT2D eigenvalue weighted by Gasteiger charge is -2.33. The van der Waals surface area contributed by atoms with Crippen LogP contribution in [0.3, 0.4) is 0 Å². The first-order valence-electron chi connectivity index (χ1n) is 11.7. The summed E-state index contributed by atoms with van der Waals surface area (Å²) in [5.41, 5.74) is 2.24. The minimum atomic E-state index is -0.475. The minimum Gasteiger partial charge on any atom is -0.447 e. The van der Waals surface area contributed by atoms with E-state index in [0.29, 0.717) is 28.6 Å². The topological polar surface area (TPSA) is 100 Å². The Balaban J connectivity index is 1.32. The molecule has 8 heteroatoms. The second kappa shape index (κ2) is 9.31. The molecule has 3 aromatic rings. The van der Waals surface area contributed by atoms with Gasteiger partial charge in [0.2, 0.25) is 11.7 Å². The molecule has 0 bridgehead atoms. The smallest absolute Gasteiger partial charge is 0.294 e. The quantitative estimate of drug-likeness (QED) is 0.602. The first-order chi connectivity index (χ1) is 16.1. The third-order valence-corrected chi connectivity index (χ3v) is 6.78. The number of anilines is 2. The van der Waals surface area contributed by atoms with Gasteiger partial charge in [0.25, 0.3) is 5.91 Å².